The molecule has 6 nitrogen and oxygen atoms in total. The molecule has 1 fully saturated rings. The Kier molecular flexibility index (Phi) is 9.02. The van der Waals surface area contributed by atoms with E-state index in [1.165, 1.54) is 5.56 Å². The first-order chi connectivity index (χ1) is 12.1. The van der Waals surface area contributed by atoms with Crippen LogP contribution >= 0.6 is 39.9 Å². The maximum atomic E-state index is 11.5. The lowest BCUT2D eigenvalue weighted by molar-refractivity contribution is 0.464. The van der Waals surface area contributed by atoms with Crippen LogP contribution in [0.15, 0.2) is 33.7 Å². The number of aliphatic imine (C=N–C) groups is 1. The standard InChI is InChI=1S/C18H29BrN4O2S.HI/c1-5-20-16(21-12-17(2,3)23-26(4,24)25)22-13-18(9-10-18)14-7-6-8-15(19)11-14;/h6-8,11,23H,5,9-10,12-13H2,1-4H3,(H2,20,21,22);1H. The summed E-state index contributed by atoms with van der Waals surface area (Å²) in [6.45, 7) is 7.55. The summed E-state index contributed by atoms with van der Waals surface area (Å²) in [6, 6.07) is 8.45. The average Bonchev–Trinajstić information content (AvgIpc) is 3.29. The molecule has 1 aromatic carbocycles. The van der Waals surface area contributed by atoms with Crippen LogP contribution in [0.25, 0.3) is 0 Å². The summed E-state index contributed by atoms with van der Waals surface area (Å²) >= 11 is 3.55. The van der Waals surface area contributed by atoms with Crippen molar-refractivity contribution in [3.8, 4) is 0 Å². The summed E-state index contributed by atoms with van der Waals surface area (Å²) in [5.74, 6) is 0.706. The number of rotatable bonds is 8. The third-order valence-corrected chi connectivity index (χ3v) is 5.74. The Labute approximate surface area is 188 Å². The molecule has 0 unspecified atom stereocenters. The number of nitrogens with zero attached hydrogens (tertiary/aromatic N) is 1. The van der Waals surface area contributed by atoms with Gasteiger partial charge in [0, 0.05) is 28.5 Å². The lowest BCUT2D eigenvalue weighted by atomic mass is 9.96. The minimum atomic E-state index is -3.27. The molecule has 0 bridgehead atoms. The van der Waals surface area contributed by atoms with Crippen molar-refractivity contribution >= 4 is 55.9 Å². The maximum absolute atomic E-state index is 11.5. The van der Waals surface area contributed by atoms with Crippen LogP contribution in [-0.4, -0.2) is 45.8 Å². The first-order valence-corrected chi connectivity index (χ1v) is 11.5. The molecular formula is C18H30BrIN4O2S. The van der Waals surface area contributed by atoms with Gasteiger partial charge >= 0.3 is 0 Å². The first-order valence-electron chi connectivity index (χ1n) is 8.82. The van der Waals surface area contributed by atoms with Gasteiger partial charge in [0.25, 0.3) is 0 Å². The monoisotopic (exact) mass is 572 g/mol. The van der Waals surface area contributed by atoms with Crippen LogP contribution in [0.3, 0.4) is 0 Å². The highest BCUT2D eigenvalue weighted by Gasteiger charge is 2.44. The van der Waals surface area contributed by atoms with E-state index in [0.29, 0.717) is 12.5 Å². The quantitative estimate of drug-likeness (QED) is 0.254. The Morgan fingerprint density at radius 2 is 1.96 bits per heavy atom. The van der Waals surface area contributed by atoms with Crippen molar-refractivity contribution in [3.63, 3.8) is 0 Å². The second kappa shape index (κ2) is 9.89. The number of hydrogen-bond donors (Lipinski definition) is 3. The number of halogens is 2. The van der Waals surface area contributed by atoms with Gasteiger partial charge in [0.1, 0.15) is 0 Å². The zero-order valence-corrected chi connectivity index (χ0v) is 21.0. The highest BCUT2D eigenvalue weighted by molar-refractivity contribution is 14.0. The molecule has 0 heterocycles. The lowest BCUT2D eigenvalue weighted by Gasteiger charge is -2.24. The van der Waals surface area contributed by atoms with E-state index < -0.39 is 15.6 Å². The normalized spacial score (nSPS) is 16.4. The molecule has 1 aromatic rings. The van der Waals surface area contributed by atoms with E-state index in [0.717, 1.165) is 36.7 Å². The summed E-state index contributed by atoms with van der Waals surface area (Å²) in [5.41, 5.74) is 0.840. The zero-order chi connectivity index (χ0) is 19.4. The third kappa shape index (κ3) is 8.25. The van der Waals surface area contributed by atoms with E-state index in [2.05, 4.69) is 54.5 Å². The number of sulfonamides is 1. The molecule has 0 atom stereocenters. The van der Waals surface area contributed by atoms with Gasteiger partial charge in [-0.1, -0.05) is 28.1 Å². The van der Waals surface area contributed by atoms with Gasteiger partial charge in [0.15, 0.2) is 5.96 Å². The third-order valence-electron chi connectivity index (χ3n) is 4.32. The smallest absolute Gasteiger partial charge is 0.209 e. The van der Waals surface area contributed by atoms with E-state index in [4.69, 9.17) is 0 Å². The van der Waals surface area contributed by atoms with Gasteiger partial charge in [-0.25, -0.2) is 13.1 Å². The molecule has 0 saturated heterocycles. The van der Waals surface area contributed by atoms with Crippen LogP contribution in [-0.2, 0) is 15.4 Å². The minimum Gasteiger partial charge on any atom is -0.357 e. The number of benzene rings is 1. The predicted octanol–water partition coefficient (Wildman–Crippen LogP) is 2.98. The Balaban J connectivity index is 0.00000364. The second-order valence-corrected chi connectivity index (χ2v) is 10.3. The molecular weight excluding hydrogens is 543 g/mol. The van der Waals surface area contributed by atoms with Crippen molar-refractivity contribution in [2.24, 2.45) is 4.99 Å². The van der Waals surface area contributed by atoms with Crippen molar-refractivity contribution in [2.75, 3.05) is 25.9 Å². The summed E-state index contributed by atoms with van der Waals surface area (Å²) in [6.07, 6.45) is 3.46. The summed E-state index contributed by atoms with van der Waals surface area (Å²) in [5, 5.41) is 6.66. The van der Waals surface area contributed by atoms with E-state index in [1.54, 1.807) is 0 Å². The van der Waals surface area contributed by atoms with Gasteiger partial charge in [-0.2, -0.15) is 0 Å². The van der Waals surface area contributed by atoms with Gasteiger partial charge in [0.05, 0.1) is 12.8 Å². The van der Waals surface area contributed by atoms with E-state index in [-0.39, 0.29) is 29.4 Å². The second-order valence-electron chi connectivity index (χ2n) is 7.60. The summed E-state index contributed by atoms with van der Waals surface area (Å²) < 4.78 is 26.7. The number of hydrogen-bond acceptors (Lipinski definition) is 3. The molecule has 154 valence electrons. The molecule has 0 aliphatic heterocycles. The average molecular weight is 573 g/mol. The van der Waals surface area contributed by atoms with Crippen LogP contribution in [0.5, 0.6) is 0 Å². The van der Waals surface area contributed by atoms with Crippen molar-refractivity contribution in [3.05, 3.63) is 34.3 Å². The fraction of sp³-hybridized carbons (Fsp3) is 0.611. The molecule has 0 amide bonds. The van der Waals surface area contributed by atoms with Crippen molar-refractivity contribution in [2.45, 2.75) is 44.6 Å². The Morgan fingerprint density at radius 1 is 1.30 bits per heavy atom. The van der Waals surface area contributed by atoms with Crippen LogP contribution < -0.4 is 15.4 Å². The minimum absolute atomic E-state index is 0. The van der Waals surface area contributed by atoms with E-state index in [9.17, 15) is 8.42 Å². The lowest BCUT2D eigenvalue weighted by Crippen LogP contribution is -2.47. The van der Waals surface area contributed by atoms with Crippen LogP contribution in [0, 0.1) is 0 Å². The fourth-order valence-corrected chi connectivity index (χ4v) is 4.41. The molecule has 27 heavy (non-hydrogen) atoms. The molecule has 1 aliphatic carbocycles. The molecule has 1 saturated carbocycles. The molecule has 3 N–H and O–H groups in total. The molecule has 0 radical (unpaired) electrons. The van der Waals surface area contributed by atoms with Gasteiger partial charge in [0.2, 0.25) is 10.0 Å². The maximum Gasteiger partial charge on any atom is 0.209 e. The zero-order valence-electron chi connectivity index (χ0n) is 16.3. The van der Waals surface area contributed by atoms with E-state index in [1.807, 2.05) is 26.8 Å². The Bertz CT molecular complexity index is 764. The van der Waals surface area contributed by atoms with Crippen LogP contribution in [0.2, 0.25) is 0 Å². The highest BCUT2D eigenvalue weighted by Crippen LogP contribution is 2.48. The largest absolute Gasteiger partial charge is 0.357 e. The van der Waals surface area contributed by atoms with Crippen molar-refractivity contribution < 1.29 is 8.42 Å². The summed E-state index contributed by atoms with van der Waals surface area (Å²) in [4.78, 5) is 4.57. The molecule has 9 heteroatoms. The van der Waals surface area contributed by atoms with E-state index >= 15 is 0 Å². The summed E-state index contributed by atoms with van der Waals surface area (Å²) in [7, 11) is -3.27. The fourth-order valence-electron chi connectivity index (χ4n) is 2.94. The SMILES string of the molecule is CCNC(=NCC(C)(C)NS(C)(=O)=O)NCC1(c2cccc(Br)c2)CC1.I. The van der Waals surface area contributed by atoms with Gasteiger partial charge < -0.3 is 10.6 Å². The number of guanidine groups is 1. The Morgan fingerprint density at radius 3 is 2.48 bits per heavy atom. The Hall–Kier alpha value is -0.390. The van der Waals surface area contributed by atoms with Gasteiger partial charge in [-0.15, -0.1) is 24.0 Å². The highest BCUT2D eigenvalue weighted by atomic mass is 127. The van der Waals surface area contributed by atoms with Crippen molar-refractivity contribution in [1.82, 2.24) is 15.4 Å². The topological polar surface area (TPSA) is 82.6 Å². The molecule has 0 aromatic heterocycles. The van der Waals surface area contributed by atoms with Crippen molar-refractivity contribution in [1.29, 1.82) is 0 Å². The number of nitrogens with one attached hydrogen (secondary N) is 3. The predicted molar refractivity (Wildman–Crippen MR) is 127 cm³/mol. The molecule has 1 aliphatic rings. The first kappa shape index (κ1) is 24.6. The molecule has 2 rings (SSSR count). The molecule has 0 spiro atoms. The van der Waals surface area contributed by atoms with Gasteiger partial charge in [-0.05, 0) is 51.3 Å². The van der Waals surface area contributed by atoms with Crippen LogP contribution in [0.4, 0.5) is 0 Å². The van der Waals surface area contributed by atoms with Gasteiger partial charge in [-0.3, -0.25) is 4.99 Å². The van der Waals surface area contributed by atoms with Crippen LogP contribution in [0.1, 0.15) is 39.2 Å².